The van der Waals surface area contributed by atoms with E-state index in [-0.39, 0.29) is 41.1 Å². The van der Waals surface area contributed by atoms with Gasteiger partial charge in [0.2, 0.25) is 11.9 Å². The van der Waals surface area contributed by atoms with Crippen LogP contribution in [0.3, 0.4) is 0 Å². The fraction of sp³-hybridized carbons (Fsp3) is 0.424. The third-order valence-corrected chi connectivity index (χ3v) is 9.51. The maximum absolute atomic E-state index is 15.6. The zero-order valence-electron chi connectivity index (χ0n) is 25.5. The topological polar surface area (TPSA) is 134 Å². The predicted octanol–water partition coefficient (Wildman–Crippen LogP) is 5.07. The third-order valence-electron chi connectivity index (χ3n) is 9.51. The molecule has 6 rings (SSSR count). The van der Waals surface area contributed by atoms with Crippen LogP contribution in [-0.2, 0) is 14.9 Å². The van der Waals surface area contributed by atoms with Crippen molar-refractivity contribution in [2.45, 2.75) is 62.9 Å². The first-order valence-corrected chi connectivity index (χ1v) is 15.2. The maximum Gasteiger partial charge on any atom is 0.229 e. The van der Waals surface area contributed by atoms with Gasteiger partial charge in [-0.05, 0) is 79.0 Å². The number of hydrogen-bond donors (Lipinski definition) is 2. The first kappa shape index (κ1) is 30.6. The van der Waals surface area contributed by atoms with Gasteiger partial charge in [-0.3, -0.25) is 9.78 Å². The summed E-state index contributed by atoms with van der Waals surface area (Å²) in [5.74, 6) is -0.952. The molecule has 0 spiro atoms. The highest BCUT2D eigenvalue weighted by Gasteiger charge is 2.38. The number of likely N-dealkylation sites (N-methyl/N-ethyl adjacent to an activating group) is 1. The summed E-state index contributed by atoms with van der Waals surface area (Å²) >= 11 is 0. The highest BCUT2D eigenvalue weighted by atomic mass is 19.1. The number of nitriles is 1. The van der Waals surface area contributed by atoms with E-state index in [1.165, 1.54) is 16.6 Å². The fourth-order valence-corrected chi connectivity index (χ4v) is 7.07. The Labute approximate surface area is 260 Å². The number of pyridine rings is 1. The number of nitrogens with two attached hydrogens (primary N) is 1. The SMILES string of the molecule is CC(=O)N(C)C1C(C)CC(c2ccncc2Nc2ncc3ccc(-c4c(F)cc(C5(C#N)CCOCC5)cc4F)nn23)CC1N. The molecule has 45 heavy (non-hydrogen) atoms. The molecule has 4 atom stereocenters. The minimum Gasteiger partial charge on any atom is -0.381 e. The van der Waals surface area contributed by atoms with Crippen molar-refractivity contribution in [2.24, 2.45) is 11.7 Å². The molecule has 2 fully saturated rings. The number of ether oxygens (including phenoxy) is 1. The van der Waals surface area contributed by atoms with Gasteiger partial charge in [-0.1, -0.05) is 6.92 Å². The second kappa shape index (κ2) is 12.1. The molecule has 4 heterocycles. The predicted molar refractivity (Wildman–Crippen MR) is 165 cm³/mol. The summed E-state index contributed by atoms with van der Waals surface area (Å²) in [6.07, 6.45) is 7.31. The number of benzene rings is 1. The van der Waals surface area contributed by atoms with E-state index in [0.29, 0.717) is 49.5 Å². The van der Waals surface area contributed by atoms with E-state index in [1.807, 2.05) is 6.07 Å². The molecule has 1 amide bonds. The zero-order chi connectivity index (χ0) is 31.9. The van der Waals surface area contributed by atoms with Crippen molar-refractivity contribution in [1.29, 1.82) is 5.26 Å². The van der Waals surface area contributed by atoms with Crippen molar-refractivity contribution >= 4 is 23.1 Å². The number of nitrogens with one attached hydrogen (secondary N) is 1. The summed E-state index contributed by atoms with van der Waals surface area (Å²) in [6.45, 7) is 4.39. The Morgan fingerprint density at radius 3 is 2.58 bits per heavy atom. The second-order valence-electron chi connectivity index (χ2n) is 12.3. The van der Waals surface area contributed by atoms with Crippen LogP contribution in [0.4, 0.5) is 20.4 Å². The molecule has 2 aliphatic rings. The molecule has 3 N–H and O–H groups in total. The molecule has 0 bridgehead atoms. The van der Waals surface area contributed by atoms with E-state index in [1.54, 1.807) is 49.6 Å². The van der Waals surface area contributed by atoms with Crippen LogP contribution in [0.25, 0.3) is 16.8 Å². The Bertz CT molecular complexity index is 1750. The van der Waals surface area contributed by atoms with Crippen molar-refractivity contribution in [3.8, 4) is 17.3 Å². The van der Waals surface area contributed by atoms with Crippen LogP contribution in [0.1, 0.15) is 56.6 Å². The Balaban J connectivity index is 1.30. The summed E-state index contributed by atoms with van der Waals surface area (Å²) in [6, 6.07) is 9.69. The standard InChI is InChI=1S/C33H36F2N8O2/c1-19-12-21(13-27(37)31(19)42(3)20(2)44)24-6-9-38-17-29(24)40-32-39-16-23-4-5-28(41-43(23)32)30-25(34)14-22(15-26(30)35)33(18-36)7-10-45-11-8-33/h4-6,9,14-17,19,21,27,31H,7-8,10-13,37H2,1-3H3,(H,39,40). The van der Waals surface area contributed by atoms with Gasteiger partial charge >= 0.3 is 0 Å². The molecule has 12 heteroatoms. The lowest BCUT2D eigenvalue weighted by atomic mass is 9.73. The number of amides is 1. The molecule has 3 aromatic heterocycles. The molecule has 234 valence electrons. The number of anilines is 2. The third kappa shape index (κ3) is 5.62. The normalized spacial score (nSPS) is 23.0. The first-order valence-electron chi connectivity index (χ1n) is 15.2. The van der Waals surface area contributed by atoms with Gasteiger partial charge in [0, 0.05) is 45.5 Å². The Hall–Kier alpha value is -4.47. The van der Waals surface area contributed by atoms with Crippen LogP contribution >= 0.6 is 0 Å². The molecule has 10 nitrogen and oxygen atoms in total. The van der Waals surface area contributed by atoms with Crippen LogP contribution in [0, 0.1) is 28.9 Å². The largest absolute Gasteiger partial charge is 0.381 e. The van der Waals surface area contributed by atoms with Crippen molar-refractivity contribution in [2.75, 3.05) is 25.6 Å². The monoisotopic (exact) mass is 614 g/mol. The molecule has 1 saturated carbocycles. The van der Waals surface area contributed by atoms with Gasteiger partial charge in [0.25, 0.3) is 0 Å². The maximum atomic E-state index is 15.6. The molecule has 4 aromatic rings. The van der Waals surface area contributed by atoms with E-state index >= 15 is 8.78 Å². The quantitative estimate of drug-likeness (QED) is 0.307. The minimum absolute atomic E-state index is 0.00816. The molecule has 1 aliphatic heterocycles. The lowest BCUT2D eigenvalue weighted by molar-refractivity contribution is -0.131. The number of aromatic nitrogens is 4. The van der Waals surface area contributed by atoms with Gasteiger partial charge in [0.15, 0.2) is 0 Å². The molecule has 1 aromatic carbocycles. The highest BCUT2D eigenvalue weighted by molar-refractivity contribution is 5.73. The van der Waals surface area contributed by atoms with Crippen LogP contribution in [0.15, 0.2) is 48.9 Å². The van der Waals surface area contributed by atoms with E-state index in [2.05, 4.69) is 33.4 Å². The fourth-order valence-electron chi connectivity index (χ4n) is 7.07. The average molecular weight is 615 g/mol. The number of fused-ring (bicyclic) bond motifs is 1. The van der Waals surface area contributed by atoms with Gasteiger partial charge in [0.1, 0.15) is 11.6 Å². The van der Waals surface area contributed by atoms with Gasteiger partial charge in [-0.2, -0.15) is 14.9 Å². The second-order valence-corrected chi connectivity index (χ2v) is 12.3. The van der Waals surface area contributed by atoms with Gasteiger partial charge in [-0.15, -0.1) is 0 Å². The smallest absolute Gasteiger partial charge is 0.229 e. The zero-order valence-corrected chi connectivity index (χ0v) is 25.5. The molecular formula is C33H36F2N8O2. The Kier molecular flexibility index (Phi) is 8.24. The van der Waals surface area contributed by atoms with Gasteiger partial charge in [0.05, 0.1) is 46.3 Å². The van der Waals surface area contributed by atoms with E-state index in [0.717, 1.165) is 17.7 Å². The van der Waals surface area contributed by atoms with E-state index < -0.39 is 17.0 Å². The molecular weight excluding hydrogens is 578 g/mol. The minimum atomic E-state index is -0.997. The van der Waals surface area contributed by atoms with Crippen LogP contribution in [0.2, 0.25) is 0 Å². The number of carbonyl (C=O) groups excluding carboxylic acids is 1. The number of carbonyl (C=O) groups is 1. The van der Waals surface area contributed by atoms with Crippen molar-refractivity contribution < 1.29 is 18.3 Å². The lowest BCUT2D eigenvalue weighted by Gasteiger charge is -2.43. The van der Waals surface area contributed by atoms with Crippen LogP contribution < -0.4 is 11.1 Å². The first-order chi connectivity index (χ1) is 21.6. The molecule has 1 saturated heterocycles. The van der Waals surface area contributed by atoms with Crippen LogP contribution in [0.5, 0.6) is 0 Å². The van der Waals surface area contributed by atoms with Gasteiger partial charge < -0.3 is 20.7 Å². The van der Waals surface area contributed by atoms with Crippen molar-refractivity contribution in [1.82, 2.24) is 24.5 Å². The number of nitrogens with zero attached hydrogens (tertiary/aromatic N) is 6. The van der Waals surface area contributed by atoms with Crippen LogP contribution in [-0.4, -0.2) is 62.7 Å². The van der Waals surface area contributed by atoms with E-state index in [9.17, 15) is 10.1 Å². The van der Waals surface area contributed by atoms with Gasteiger partial charge in [-0.25, -0.2) is 13.8 Å². The summed E-state index contributed by atoms with van der Waals surface area (Å²) in [7, 11) is 1.80. The lowest BCUT2D eigenvalue weighted by Crippen LogP contribution is -2.54. The Morgan fingerprint density at radius 1 is 1.18 bits per heavy atom. The number of halogens is 2. The molecule has 4 unspecified atom stereocenters. The number of imidazole rings is 1. The summed E-state index contributed by atoms with van der Waals surface area (Å²) in [4.78, 5) is 22.6. The van der Waals surface area contributed by atoms with E-state index in [4.69, 9.17) is 10.5 Å². The Morgan fingerprint density at radius 2 is 1.91 bits per heavy atom. The summed E-state index contributed by atoms with van der Waals surface area (Å²) in [5, 5.41) is 17.8. The average Bonchev–Trinajstić information content (AvgIpc) is 3.42. The molecule has 0 radical (unpaired) electrons. The summed E-state index contributed by atoms with van der Waals surface area (Å²) < 4.78 is 38.0. The summed E-state index contributed by atoms with van der Waals surface area (Å²) in [5.41, 5.74) is 8.09. The highest BCUT2D eigenvalue weighted by Crippen LogP contribution is 2.41. The molecule has 1 aliphatic carbocycles. The number of hydrogen-bond acceptors (Lipinski definition) is 8. The number of rotatable bonds is 6. The van der Waals surface area contributed by atoms with Crippen molar-refractivity contribution in [3.05, 3.63) is 71.7 Å². The van der Waals surface area contributed by atoms with Crippen molar-refractivity contribution in [3.63, 3.8) is 0 Å².